The first-order valence-electron chi connectivity index (χ1n) is 10.9. The maximum Gasteiger partial charge on any atom is 0.272 e. The fourth-order valence-electron chi connectivity index (χ4n) is 3.72. The Morgan fingerprint density at radius 3 is 2.58 bits per heavy atom. The molecule has 0 saturated carbocycles. The maximum absolute atomic E-state index is 12.8. The summed E-state index contributed by atoms with van der Waals surface area (Å²) in [5, 5.41) is 12.3. The van der Waals surface area contributed by atoms with Crippen LogP contribution in [0.25, 0.3) is 5.70 Å². The molecule has 0 radical (unpaired) electrons. The molecule has 1 unspecified atom stereocenters. The minimum Gasteiger partial charge on any atom is -0.490 e. The predicted octanol–water partition coefficient (Wildman–Crippen LogP) is 4.39. The van der Waals surface area contributed by atoms with Crippen molar-refractivity contribution in [2.75, 3.05) is 13.1 Å². The number of hydrogen-bond acceptors (Lipinski definition) is 5. The van der Waals surface area contributed by atoms with Gasteiger partial charge >= 0.3 is 0 Å². The van der Waals surface area contributed by atoms with E-state index in [9.17, 15) is 4.79 Å². The van der Waals surface area contributed by atoms with Crippen LogP contribution in [-0.2, 0) is 0 Å². The molecule has 1 fully saturated rings. The Labute approximate surface area is 184 Å². The molecule has 2 heterocycles. The largest absolute Gasteiger partial charge is 0.490 e. The maximum atomic E-state index is 12.8. The van der Waals surface area contributed by atoms with E-state index < -0.39 is 0 Å². The number of likely N-dealkylation sites (tertiary alicyclic amines) is 1. The van der Waals surface area contributed by atoms with E-state index in [1.807, 2.05) is 23.1 Å². The number of ether oxygens (including phenoxy) is 1. The van der Waals surface area contributed by atoms with Crippen LogP contribution in [-0.4, -0.2) is 41.0 Å². The molecule has 3 rings (SSSR count). The Morgan fingerprint density at radius 1 is 1.29 bits per heavy atom. The zero-order valence-corrected chi connectivity index (χ0v) is 18.3. The normalized spacial score (nSPS) is 15.1. The van der Waals surface area contributed by atoms with E-state index in [1.54, 1.807) is 24.4 Å². The lowest BCUT2D eigenvalue weighted by Gasteiger charge is -2.32. The molecule has 6 nitrogen and oxygen atoms in total. The van der Waals surface area contributed by atoms with Gasteiger partial charge in [0.05, 0.1) is 11.6 Å². The van der Waals surface area contributed by atoms with Crippen LogP contribution in [0.5, 0.6) is 5.75 Å². The standard InChI is InChI=1S/C25H30N4O2/c1-4-5-18(2)28-19(3)21-8-11-24(27-17-21)25(30)29-14-12-23(13-15-29)31-22-9-6-20(16-26)7-10-22/h6-11,17-18,23,28H,3-5,12-15H2,1-2H3. The van der Waals surface area contributed by atoms with Crippen molar-refractivity contribution in [1.29, 1.82) is 5.26 Å². The quantitative estimate of drug-likeness (QED) is 0.688. The number of benzene rings is 1. The van der Waals surface area contributed by atoms with E-state index >= 15 is 0 Å². The van der Waals surface area contributed by atoms with Crippen molar-refractivity contribution in [3.05, 3.63) is 66.0 Å². The van der Waals surface area contributed by atoms with Crippen molar-refractivity contribution >= 4 is 11.6 Å². The summed E-state index contributed by atoms with van der Waals surface area (Å²) in [6, 6.07) is 13.2. The van der Waals surface area contributed by atoms with E-state index in [1.165, 1.54) is 0 Å². The van der Waals surface area contributed by atoms with Gasteiger partial charge in [-0.1, -0.05) is 19.9 Å². The molecular formula is C25H30N4O2. The van der Waals surface area contributed by atoms with Crippen molar-refractivity contribution < 1.29 is 9.53 Å². The van der Waals surface area contributed by atoms with E-state index in [0.29, 0.717) is 30.4 Å². The highest BCUT2D eigenvalue weighted by Gasteiger charge is 2.25. The molecule has 1 aromatic carbocycles. The van der Waals surface area contributed by atoms with Crippen LogP contribution in [0.1, 0.15) is 61.1 Å². The SMILES string of the molecule is C=C(NC(C)CCC)c1ccc(C(=O)N2CCC(Oc3ccc(C#N)cc3)CC2)nc1. The molecule has 1 amide bonds. The monoisotopic (exact) mass is 418 g/mol. The third-order valence-electron chi connectivity index (χ3n) is 5.49. The molecule has 0 aliphatic carbocycles. The molecule has 0 bridgehead atoms. The van der Waals surface area contributed by atoms with E-state index in [2.05, 4.69) is 36.8 Å². The van der Waals surface area contributed by atoms with Crippen LogP contribution in [0.2, 0.25) is 0 Å². The van der Waals surface area contributed by atoms with E-state index in [4.69, 9.17) is 10.00 Å². The first-order valence-corrected chi connectivity index (χ1v) is 10.9. The number of aromatic nitrogens is 1. The summed E-state index contributed by atoms with van der Waals surface area (Å²) in [5.41, 5.74) is 2.79. The number of amides is 1. The first kappa shape index (κ1) is 22.4. The molecule has 31 heavy (non-hydrogen) atoms. The number of carbonyl (C=O) groups excluding carboxylic acids is 1. The number of nitriles is 1. The first-order chi connectivity index (χ1) is 15.0. The number of piperidine rings is 1. The van der Waals surface area contributed by atoms with Gasteiger partial charge in [-0.05, 0) is 49.7 Å². The fourth-order valence-corrected chi connectivity index (χ4v) is 3.72. The van der Waals surface area contributed by atoms with Gasteiger partial charge in [0.2, 0.25) is 0 Å². The van der Waals surface area contributed by atoms with Crippen LogP contribution < -0.4 is 10.1 Å². The van der Waals surface area contributed by atoms with Crippen molar-refractivity contribution in [3.63, 3.8) is 0 Å². The van der Waals surface area contributed by atoms with Gasteiger partial charge in [-0.2, -0.15) is 5.26 Å². The number of carbonyl (C=O) groups is 1. The summed E-state index contributed by atoms with van der Waals surface area (Å²) >= 11 is 0. The van der Waals surface area contributed by atoms with Gasteiger partial charge in [0.1, 0.15) is 17.5 Å². The van der Waals surface area contributed by atoms with Crippen molar-refractivity contribution in [3.8, 4) is 11.8 Å². The van der Waals surface area contributed by atoms with Crippen molar-refractivity contribution in [1.82, 2.24) is 15.2 Å². The number of nitrogens with zero attached hydrogens (tertiary/aromatic N) is 3. The summed E-state index contributed by atoms with van der Waals surface area (Å²) in [6.45, 7) is 9.64. The highest BCUT2D eigenvalue weighted by molar-refractivity contribution is 5.92. The number of nitrogens with one attached hydrogen (secondary N) is 1. The van der Waals surface area contributed by atoms with Gasteiger partial charge < -0.3 is 15.0 Å². The molecular weight excluding hydrogens is 388 g/mol. The van der Waals surface area contributed by atoms with E-state index in [0.717, 1.165) is 42.7 Å². The van der Waals surface area contributed by atoms with Crippen molar-refractivity contribution in [2.45, 2.75) is 51.7 Å². The zero-order chi connectivity index (χ0) is 22.2. The lowest BCUT2D eigenvalue weighted by Crippen LogP contribution is -2.42. The lowest BCUT2D eigenvalue weighted by atomic mass is 10.1. The molecule has 1 N–H and O–H groups in total. The minimum atomic E-state index is -0.0544. The Bertz CT molecular complexity index is 923. The second-order valence-electron chi connectivity index (χ2n) is 7.99. The average Bonchev–Trinajstić information content (AvgIpc) is 2.80. The van der Waals surface area contributed by atoms with Gasteiger partial charge in [-0.3, -0.25) is 9.78 Å². The number of pyridine rings is 1. The van der Waals surface area contributed by atoms with Crippen LogP contribution in [0.15, 0.2) is 49.2 Å². The van der Waals surface area contributed by atoms with Gasteiger partial charge in [-0.15, -0.1) is 0 Å². The summed E-state index contributed by atoms with van der Waals surface area (Å²) in [5.74, 6) is 0.699. The Hall–Kier alpha value is -3.33. The van der Waals surface area contributed by atoms with Gasteiger partial charge in [-0.25, -0.2) is 0 Å². The summed E-state index contributed by atoms with van der Waals surface area (Å²) in [4.78, 5) is 19.0. The van der Waals surface area contributed by atoms with Crippen LogP contribution in [0, 0.1) is 11.3 Å². The third-order valence-corrected chi connectivity index (χ3v) is 5.49. The Morgan fingerprint density at radius 2 is 2.00 bits per heavy atom. The predicted molar refractivity (Wildman–Crippen MR) is 121 cm³/mol. The molecule has 6 heteroatoms. The summed E-state index contributed by atoms with van der Waals surface area (Å²) in [7, 11) is 0. The Kier molecular flexibility index (Phi) is 7.66. The van der Waals surface area contributed by atoms with Crippen LogP contribution >= 0.6 is 0 Å². The summed E-state index contributed by atoms with van der Waals surface area (Å²) < 4.78 is 6.00. The average molecular weight is 419 g/mol. The Balaban J connectivity index is 1.50. The second kappa shape index (κ2) is 10.6. The van der Waals surface area contributed by atoms with Crippen LogP contribution in [0.3, 0.4) is 0 Å². The molecule has 1 saturated heterocycles. The number of hydrogen-bond donors (Lipinski definition) is 1. The molecule has 0 spiro atoms. The van der Waals surface area contributed by atoms with E-state index in [-0.39, 0.29) is 12.0 Å². The second-order valence-corrected chi connectivity index (χ2v) is 7.99. The molecule has 1 aliphatic heterocycles. The van der Waals surface area contributed by atoms with Gasteiger partial charge in [0.25, 0.3) is 5.91 Å². The molecule has 1 aliphatic rings. The van der Waals surface area contributed by atoms with Gasteiger partial charge in [0.15, 0.2) is 0 Å². The lowest BCUT2D eigenvalue weighted by molar-refractivity contribution is 0.0590. The molecule has 1 aromatic heterocycles. The highest BCUT2D eigenvalue weighted by atomic mass is 16.5. The molecule has 162 valence electrons. The topological polar surface area (TPSA) is 78.3 Å². The molecule has 1 atom stereocenters. The smallest absolute Gasteiger partial charge is 0.272 e. The molecule has 2 aromatic rings. The fraction of sp³-hybridized carbons (Fsp3) is 0.400. The zero-order valence-electron chi connectivity index (χ0n) is 18.3. The van der Waals surface area contributed by atoms with Crippen molar-refractivity contribution in [2.24, 2.45) is 0 Å². The summed E-state index contributed by atoms with van der Waals surface area (Å²) in [6.07, 6.45) is 5.49. The highest BCUT2D eigenvalue weighted by Crippen LogP contribution is 2.21. The van der Waals surface area contributed by atoms with Gasteiger partial charge in [0, 0.05) is 49.4 Å². The number of rotatable bonds is 8. The van der Waals surface area contributed by atoms with Crippen LogP contribution in [0.4, 0.5) is 0 Å². The third kappa shape index (κ3) is 6.08. The minimum absolute atomic E-state index is 0.0544.